The quantitative estimate of drug-likeness (QED) is 0.868. The number of nitrogens with zero attached hydrogens (tertiary/aromatic N) is 1. The topological polar surface area (TPSA) is 93.7 Å². The summed E-state index contributed by atoms with van der Waals surface area (Å²) < 4.78 is 47.7. The Bertz CT molecular complexity index is 728. The van der Waals surface area contributed by atoms with E-state index in [4.69, 9.17) is 24.1 Å². The number of benzene rings is 1. The van der Waals surface area contributed by atoms with E-state index in [0.717, 1.165) is 17.1 Å². The van der Waals surface area contributed by atoms with E-state index in [0.29, 0.717) is 17.2 Å². The number of aliphatic carboxylic acids is 1. The molecular weight excluding hydrogens is 345 g/mol. The lowest BCUT2D eigenvalue weighted by Crippen LogP contribution is -2.21. The Kier molecular flexibility index (Phi) is 6.66. The van der Waals surface area contributed by atoms with Crippen LogP contribution in [0.2, 0.25) is 0 Å². The first-order valence-electron chi connectivity index (χ1n) is 6.76. The second kappa shape index (κ2) is 8.27. The molecule has 1 aromatic carbocycles. The number of ether oxygens (including phenoxy) is 3. The molecule has 2 rings (SSSR count). The third-order valence-corrected chi connectivity index (χ3v) is 2.94. The van der Waals surface area contributed by atoms with Gasteiger partial charge in [0.25, 0.3) is 0 Å². The van der Waals surface area contributed by atoms with Crippen molar-refractivity contribution < 1.29 is 37.3 Å². The van der Waals surface area contributed by atoms with E-state index in [1.54, 1.807) is 27.5 Å². The van der Waals surface area contributed by atoms with Crippen LogP contribution in [0.25, 0.3) is 11.3 Å². The van der Waals surface area contributed by atoms with Gasteiger partial charge in [-0.05, 0) is 19.1 Å². The molecule has 0 saturated heterocycles. The zero-order valence-corrected chi connectivity index (χ0v) is 13.9. The third-order valence-electron chi connectivity index (χ3n) is 2.94. The second-order valence-corrected chi connectivity index (χ2v) is 4.57. The van der Waals surface area contributed by atoms with Crippen LogP contribution in [-0.4, -0.2) is 48.5 Å². The Balaban J connectivity index is 0.000000381. The summed E-state index contributed by atoms with van der Waals surface area (Å²) in [7, 11) is 4.78. The molecule has 0 bridgehead atoms. The van der Waals surface area contributed by atoms with E-state index in [1.807, 2.05) is 19.1 Å². The van der Waals surface area contributed by atoms with Gasteiger partial charge >= 0.3 is 12.1 Å². The van der Waals surface area contributed by atoms with Gasteiger partial charge in [0.2, 0.25) is 5.75 Å². The van der Waals surface area contributed by atoms with E-state index in [1.165, 1.54) is 0 Å². The molecule has 1 heterocycles. The maximum Gasteiger partial charge on any atom is 0.490 e. The number of carbonyl (C=O) groups is 1. The molecule has 10 heteroatoms. The van der Waals surface area contributed by atoms with Gasteiger partial charge in [0, 0.05) is 5.56 Å². The second-order valence-electron chi connectivity index (χ2n) is 4.57. The van der Waals surface area contributed by atoms with Crippen LogP contribution >= 0.6 is 0 Å². The van der Waals surface area contributed by atoms with Gasteiger partial charge < -0.3 is 24.3 Å². The maximum absolute atomic E-state index is 10.6. The van der Waals surface area contributed by atoms with E-state index >= 15 is 0 Å². The van der Waals surface area contributed by atoms with Crippen molar-refractivity contribution in [1.29, 1.82) is 0 Å². The van der Waals surface area contributed by atoms with Crippen LogP contribution in [0.15, 0.2) is 18.3 Å². The first kappa shape index (κ1) is 20.1. The minimum atomic E-state index is -5.08. The predicted octanol–water partition coefficient (Wildman–Crippen LogP) is 3.04. The number of aromatic amines is 1. The predicted molar refractivity (Wildman–Crippen MR) is 82.1 cm³/mol. The molecule has 0 radical (unpaired) electrons. The molecule has 0 spiro atoms. The van der Waals surface area contributed by atoms with E-state index in [9.17, 15) is 13.2 Å². The molecule has 0 saturated carbocycles. The zero-order valence-electron chi connectivity index (χ0n) is 13.9. The lowest BCUT2D eigenvalue weighted by atomic mass is 10.1. The fraction of sp³-hybridized carbons (Fsp3) is 0.333. The summed E-state index contributed by atoms with van der Waals surface area (Å²) in [6.45, 7) is 1.90. The van der Waals surface area contributed by atoms with Crippen molar-refractivity contribution >= 4 is 5.97 Å². The molecule has 2 N–H and O–H groups in total. The van der Waals surface area contributed by atoms with Gasteiger partial charge in [0.15, 0.2) is 11.5 Å². The van der Waals surface area contributed by atoms with Gasteiger partial charge in [-0.3, -0.25) is 0 Å². The highest BCUT2D eigenvalue weighted by Crippen LogP contribution is 2.43. The number of imidazole rings is 1. The van der Waals surface area contributed by atoms with Crippen molar-refractivity contribution in [2.45, 2.75) is 13.1 Å². The highest BCUT2D eigenvalue weighted by molar-refractivity contribution is 5.74. The Labute approximate surface area is 141 Å². The molecule has 0 fully saturated rings. The van der Waals surface area contributed by atoms with Gasteiger partial charge in [-0.1, -0.05) is 0 Å². The van der Waals surface area contributed by atoms with Crippen molar-refractivity contribution in [1.82, 2.24) is 9.97 Å². The number of aryl methyl sites for hydroxylation is 1. The number of carboxylic acid groups (broad SMARTS) is 1. The molecular formula is C15H17F3N2O5. The average molecular weight is 362 g/mol. The fourth-order valence-electron chi connectivity index (χ4n) is 1.87. The Hall–Kier alpha value is -2.91. The van der Waals surface area contributed by atoms with Crippen molar-refractivity contribution in [3.63, 3.8) is 0 Å². The van der Waals surface area contributed by atoms with Crippen LogP contribution < -0.4 is 14.2 Å². The largest absolute Gasteiger partial charge is 0.493 e. The summed E-state index contributed by atoms with van der Waals surface area (Å²) >= 11 is 0. The number of nitrogens with one attached hydrogen (secondary N) is 1. The lowest BCUT2D eigenvalue weighted by molar-refractivity contribution is -0.192. The lowest BCUT2D eigenvalue weighted by Gasteiger charge is -2.14. The highest BCUT2D eigenvalue weighted by Gasteiger charge is 2.38. The summed E-state index contributed by atoms with van der Waals surface area (Å²) in [6.07, 6.45) is -3.32. The van der Waals surface area contributed by atoms with E-state index < -0.39 is 12.1 Å². The number of aromatic nitrogens is 2. The van der Waals surface area contributed by atoms with Crippen molar-refractivity contribution in [2.24, 2.45) is 0 Å². The number of methoxy groups -OCH3 is 3. The van der Waals surface area contributed by atoms with Crippen molar-refractivity contribution in [3.05, 3.63) is 24.2 Å². The summed E-state index contributed by atoms with van der Waals surface area (Å²) in [5, 5.41) is 7.12. The summed E-state index contributed by atoms with van der Waals surface area (Å²) in [5.41, 5.74) is 1.76. The zero-order chi connectivity index (χ0) is 19.2. The third kappa shape index (κ3) is 5.03. The maximum atomic E-state index is 10.6. The first-order chi connectivity index (χ1) is 11.6. The van der Waals surface area contributed by atoms with Gasteiger partial charge in [0.05, 0.1) is 33.2 Å². The van der Waals surface area contributed by atoms with Crippen LogP contribution in [0, 0.1) is 6.92 Å². The minimum absolute atomic E-state index is 0.574. The smallest absolute Gasteiger partial charge is 0.490 e. The molecule has 2 aromatic rings. The molecule has 0 unspecified atom stereocenters. The van der Waals surface area contributed by atoms with Gasteiger partial charge in [-0.25, -0.2) is 9.78 Å². The normalized spacial score (nSPS) is 10.5. The number of alkyl halides is 3. The highest BCUT2D eigenvalue weighted by atomic mass is 19.4. The molecule has 0 aliphatic heterocycles. The van der Waals surface area contributed by atoms with Crippen LogP contribution in [-0.2, 0) is 4.79 Å². The van der Waals surface area contributed by atoms with Crippen molar-refractivity contribution in [3.8, 4) is 28.5 Å². The molecule has 7 nitrogen and oxygen atoms in total. The number of carboxylic acids is 1. The van der Waals surface area contributed by atoms with Gasteiger partial charge in [-0.2, -0.15) is 13.2 Å². The van der Waals surface area contributed by atoms with Gasteiger partial charge in [0.1, 0.15) is 5.82 Å². The van der Waals surface area contributed by atoms with Gasteiger partial charge in [-0.15, -0.1) is 0 Å². The van der Waals surface area contributed by atoms with Crippen LogP contribution in [0.5, 0.6) is 17.2 Å². The monoisotopic (exact) mass is 362 g/mol. The summed E-state index contributed by atoms with van der Waals surface area (Å²) in [6, 6.07) is 3.75. The molecule has 0 amide bonds. The van der Waals surface area contributed by atoms with E-state index in [2.05, 4.69) is 9.97 Å². The standard InChI is InChI=1S/C13H16N2O3.C2HF3O2/c1-8-14-7-10(15-8)9-5-6-11(16-2)13(18-4)12(9)17-3;3-2(4,5)1(6)7/h5-7H,1-4H3,(H,14,15);(H,6,7). The first-order valence-corrected chi connectivity index (χ1v) is 6.76. The Morgan fingerprint density at radius 3 is 2.04 bits per heavy atom. The molecule has 1 aromatic heterocycles. The molecule has 25 heavy (non-hydrogen) atoms. The van der Waals surface area contributed by atoms with Crippen LogP contribution in [0.3, 0.4) is 0 Å². The number of halogens is 3. The number of hydrogen-bond donors (Lipinski definition) is 2. The average Bonchev–Trinajstić information content (AvgIpc) is 2.99. The number of rotatable bonds is 4. The minimum Gasteiger partial charge on any atom is -0.493 e. The molecule has 0 aliphatic carbocycles. The molecule has 0 aliphatic rings. The number of H-pyrrole nitrogens is 1. The van der Waals surface area contributed by atoms with Crippen LogP contribution in [0.1, 0.15) is 5.82 Å². The fourth-order valence-corrected chi connectivity index (χ4v) is 1.87. The number of hydrogen-bond acceptors (Lipinski definition) is 5. The molecule has 138 valence electrons. The summed E-state index contributed by atoms with van der Waals surface area (Å²) in [4.78, 5) is 16.2. The summed E-state index contributed by atoms with van der Waals surface area (Å²) in [5.74, 6) is -0.0751. The Morgan fingerprint density at radius 2 is 1.68 bits per heavy atom. The van der Waals surface area contributed by atoms with Crippen LogP contribution in [0.4, 0.5) is 13.2 Å². The Morgan fingerprint density at radius 1 is 1.12 bits per heavy atom. The van der Waals surface area contributed by atoms with Crippen molar-refractivity contribution in [2.75, 3.05) is 21.3 Å². The molecule has 0 atom stereocenters. The SMILES string of the molecule is COc1ccc(-c2cnc(C)[nH]2)c(OC)c1OC.O=C(O)C(F)(F)F. The van der Waals surface area contributed by atoms with E-state index in [-0.39, 0.29) is 0 Å².